The summed E-state index contributed by atoms with van der Waals surface area (Å²) in [6.45, 7) is 13.5. The third-order valence-electron chi connectivity index (χ3n) is 3.10. The third kappa shape index (κ3) is 4.16. The fourth-order valence-electron chi connectivity index (χ4n) is 1.54. The predicted octanol–water partition coefficient (Wildman–Crippen LogP) is 3.48. The third-order valence-corrected chi connectivity index (χ3v) is 3.10. The molecule has 1 rings (SSSR count). The molecule has 108 valence electrons. The molecule has 4 nitrogen and oxygen atoms in total. The van der Waals surface area contributed by atoms with Gasteiger partial charge in [-0.3, -0.25) is 0 Å². The van der Waals surface area contributed by atoms with E-state index in [-0.39, 0.29) is 5.41 Å². The lowest BCUT2D eigenvalue weighted by Crippen LogP contribution is -2.26. The maximum Gasteiger partial charge on any atom is 0.162 e. The van der Waals surface area contributed by atoms with Crippen molar-refractivity contribution in [2.24, 2.45) is 0 Å². The Hall–Kier alpha value is -1.16. The number of nitrogens with one attached hydrogen (secondary N) is 1. The second-order valence-electron chi connectivity index (χ2n) is 6.35. The smallest absolute Gasteiger partial charge is 0.162 e. The SMILES string of the molecule is CCCNc1cc(C(C)(C)C)nc(C(C)(C)OC)n1. The molecular formula is C15H27N3O. The zero-order chi connectivity index (χ0) is 14.7. The number of ether oxygens (including phenoxy) is 1. The molecule has 1 aromatic rings. The molecule has 19 heavy (non-hydrogen) atoms. The average Bonchev–Trinajstić information content (AvgIpc) is 2.35. The lowest BCUT2D eigenvalue weighted by molar-refractivity contribution is 0.0112. The molecular weight excluding hydrogens is 238 g/mol. The highest BCUT2D eigenvalue weighted by atomic mass is 16.5. The van der Waals surface area contributed by atoms with Crippen LogP contribution in [0.15, 0.2) is 6.07 Å². The molecule has 0 saturated carbocycles. The minimum Gasteiger partial charge on any atom is -0.371 e. The second kappa shape index (κ2) is 5.87. The van der Waals surface area contributed by atoms with E-state index >= 15 is 0 Å². The molecule has 0 spiro atoms. The Morgan fingerprint density at radius 1 is 1.16 bits per heavy atom. The van der Waals surface area contributed by atoms with Crippen LogP contribution in [0.3, 0.4) is 0 Å². The van der Waals surface area contributed by atoms with Crippen LogP contribution in [0.4, 0.5) is 5.82 Å². The molecule has 1 heterocycles. The molecule has 0 atom stereocenters. The largest absolute Gasteiger partial charge is 0.371 e. The van der Waals surface area contributed by atoms with E-state index in [1.165, 1.54) is 0 Å². The Balaban J connectivity index is 3.24. The molecule has 4 heteroatoms. The highest BCUT2D eigenvalue weighted by Gasteiger charge is 2.26. The predicted molar refractivity (Wildman–Crippen MR) is 79.5 cm³/mol. The summed E-state index contributed by atoms with van der Waals surface area (Å²) < 4.78 is 5.50. The van der Waals surface area contributed by atoms with E-state index in [4.69, 9.17) is 4.74 Å². The molecule has 0 saturated heterocycles. The monoisotopic (exact) mass is 265 g/mol. The van der Waals surface area contributed by atoms with Crippen LogP contribution in [0, 0.1) is 0 Å². The van der Waals surface area contributed by atoms with Crippen molar-refractivity contribution in [1.82, 2.24) is 9.97 Å². The first-order valence-electron chi connectivity index (χ1n) is 6.89. The molecule has 1 aromatic heterocycles. The Kier molecular flexibility index (Phi) is 4.91. The van der Waals surface area contributed by atoms with E-state index in [9.17, 15) is 0 Å². The van der Waals surface area contributed by atoms with Crippen molar-refractivity contribution in [3.8, 4) is 0 Å². The Morgan fingerprint density at radius 2 is 1.79 bits per heavy atom. The highest BCUT2D eigenvalue weighted by molar-refractivity contribution is 5.38. The van der Waals surface area contributed by atoms with Crippen LogP contribution in [0.5, 0.6) is 0 Å². The maximum absolute atomic E-state index is 5.50. The quantitative estimate of drug-likeness (QED) is 0.885. The summed E-state index contributed by atoms with van der Waals surface area (Å²) in [4.78, 5) is 9.26. The molecule has 0 amide bonds. The van der Waals surface area contributed by atoms with E-state index < -0.39 is 5.60 Å². The van der Waals surface area contributed by atoms with E-state index in [2.05, 4.69) is 43.0 Å². The zero-order valence-electron chi connectivity index (χ0n) is 13.3. The van der Waals surface area contributed by atoms with Gasteiger partial charge in [0, 0.05) is 25.1 Å². The molecule has 0 unspecified atom stereocenters. The summed E-state index contributed by atoms with van der Waals surface area (Å²) in [5, 5.41) is 3.34. The van der Waals surface area contributed by atoms with Crippen molar-refractivity contribution >= 4 is 5.82 Å². The molecule has 0 aromatic carbocycles. The van der Waals surface area contributed by atoms with Crippen molar-refractivity contribution in [1.29, 1.82) is 0 Å². The van der Waals surface area contributed by atoms with Crippen LogP contribution in [0.25, 0.3) is 0 Å². The fraction of sp³-hybridized carbons (Fsp3) is 0.733. The first-order chi connectivity index (χ1) is 8.70. The molecule has 0 aliphatic carbocycles. The molecule has 0 bridgehead atoms. The number of hydrogen-bond acceptors (Lipinski definition) is 4. The maximum atomic E-state index is 5.50. The van der Waals surface area contributed by atoms with E-state index in [1.807, 2.05) is 19.9 Å². The minimum atomic E-state index is -0.482. The van der Waals surface area contributed by atoms with Crippen LogP contribution in [-0.4, -0.2) is 23.6 Å². The van der Waals surface area contributed by atoms with Crippen LogP contribution in [0.1, 0.15) is 59.5 Å². The lowest BCUT2D eigenvalue weighted by Gasteiger charge is -2.25. The normalized spacial score (nSPS) is 12.6. The fourth-order valence-corrected chi connectivity index (χ4v) is 1.54. The Morgan fingerprint density at radius 3 is 2.26 bits per heavy atom. The number of hydrogen-bond donors (Lipinski definition) is 1. The summed E-state index contributed by atoms with van der Waals surface area (Å²) in [6.07, 6.45) is 1.07. The summed E-state index contributed by atoms with van der Waals surface area (Å²) in [5.41, 5.74) is 0.537. The van der Waals surface area contributed by atoms with E-state index in [1.54, 1.807) is 7.11 Å². The van der Waals surface area contributed by atoms with Gasteiger partial charge in [-0.15, -0.1) is 0 Å². The van der Waals surface area contributed by atoms with Gasteiger partial charge in [0.2, 0.25) is 0 Å². The first kappa shape index (κ1) is 15.9. The van der Waals surface area contributed by atoms with Crippen LogP contribution in [-0.2, 0) is 15.8 Å². The van der Waals surface area contributed by atoms with Gasteiger partial charge in [-0.2, -0.15) is 0 Å². The van der Waals surface area contributed by atoms with Gasteiger partial charge >= 0.3 is 0 Å². The van der Waals surface area contributed by atoms with Crippen LogP contribution >= 0.6 is 0 Å². The molecule has 0 radical (unpaired) electrons. The lowest BCUT2D eigenvalue weighted by atomic mass is 9.91. The van der Waals surface area contributed by atoms with Crippen molar-refractivity contribution in [3.05, 3.63) is 17.6 Å². The van der Waals surface area contributed by atoms with E-state index in [0.29, 0.717) is 0 Å². The van der Waals surface area contributed by atoms with Gasteiger partial charge < -0.3 is 10.1 Å². The second-order valence-corrected chi connectivity index (χ2v) is 6.35. The average molecular weight is 265 g/mol. The summed E-state index contributed by atoms with van der Waals surface area (Å²) >= 11 is 0. The van der Waals surface area contributed by atoms with Crippen LogP contribution in [0.2, 0.25) is 0 Å². The van der Waals surface area contributed by atoms with Gasteiger partial charge in [0.25, 0.3) is 0 Å². The number of nitrogens with zero attached hydrogens (tertiary/aromatic N) is 2. The number of anilines is 1. The molecule has 0 aliphatic heterocycles. The van der Waals surface area contributed by atoms with Gasteiger partial charge in [-0.05, 0) is 20.3 Å². The van der Waals surface area contributed by atoms with Gasteiger partial charge in [0.05, 0.1) is 5.69 Å². The first-order valence-corrected chi connectivity index (χ1v) is 6.89. The van der Waals surface area contributed by atoms with Gasteiger partial charge in [0.1, 0.15) is 11.4 Å². The van der Waals surface area contributed by atoms with Crippen LogP contribution < -0.4 is 5.32 Å². The summed E-state index contributed by atoms with van der Waals surface area (Å²) in [5.74, 6) is 1.60. The number of aromatic nitrogens is 2. The van der Waals surface area contributed by atoms with Crippen molar-refractivity contribution < 1.29 is 4.74 Å². The zero-order valence-corrected chi connectivity index (χ0v) is 13.3. The number of methoxy groups -OCH3 is 1. The van der Waals surface area contributed by atoms with Crippen molar-refractivity contribution in [3.63, 3.8) is 0 Å². The number of rotatable bonds is 5. The standard InChI is InChI=1S/C15H27N3O/c1-8-9-16-12-10-11(14(2,3)4)17-13(18-12)15(5,6)19-7/h10H,8-9H2,1-7H3,(H,16,17,18). The Bertz CT molecular complexity index is 422. The summed E-state index contributed by atoms with van der Waals surface area (Å²) in [6, 6.07) is 2.03. The van der Waals surface area contributed by atoms with Crippen molar-refractivity contribution in [2.45, 2.75) is 59.0 Å². The minimum absolute atomic E-state index is 0.00977. The van der Waals surface area contributed by atoms with Gasteiger partial charge in [-0.1, -0.05) is 27.7 Å². The molecule has 0 fully saturated rings. The van der Waals surface area contributed by atoms with E-state index in [0.717, 1.165) is 30.3 Å². The molecule has 1 N–H and O–H groups in total. The topological polar surface area (TPSA) is 47.0 Å². The highest BCUT2D eigenvalue weighted by Crippen LogP contribution is 2.27. The Labute approximate surface area is 117 Å². The van der Waals surface area contributed by atoms with Gasteiger partial charge in [-0.25, -0.2) is 9.97 Å². The molecule has 0 aliphatic rings. The van der Waals surface area contributed by atoms with Crippen molar-refractivity contribution in [2.75, 3.05) is 19.0 Å². The van der Waals surface area contributed by atoms with Gasteiger partial charge in [0.15, 0.2) is 5.82 Å². The summed E-state index contributed by atoms with van der Waals surface area (Å²) in [7, 11) is 1.69.